The van der Waals surface area contributed by atoms with Crippen molar-refractivity contribution < 1.29 is 36.6 Å². The summed E-state index contributed by atoms with van der Waals surface area (Å²) in [4.78, 5) is 10.0. The predicted molar refractivity (Wildman–Crippen MR) is 41.5 cm³/mol. The quantitative estimate of drug-likeness (QED) is 0.767. The molecule has 0 saturated carbocycles. The minimum Gasteiger partial charge on any atom is -0.480 e. The van der Waals surface area contributed by atoms with E-state index in [0.717, 1.165) is 0 Å². The third-order valence-corrected chi connectivity index (χ3v) is 1.48. The van der Waals surface area contributed by atoms with E-state index in [2.05, 4.69) is 19.4 Å². The van der Waals surface area contributed by atoms with Gasteiger partial charge in [-0.2, -0.15) is 8.78 Å². The SMILES string of the molecule is O=C(O)COCc1nnc(C(F)(F)C(F)F)o1. The zero-order valence-corrected chi connectivity index (χ0v) is 8.07. The highest BCUT2D eigenvalue weighted by molar-refractivity contribution is 5.67. The van der Waals surface area contributed by atoms with Crippen LogP contribution < -0.4 is 0 Å². The summed E-state index contributed by atoms with van der Waals surface area (Å²) in [6.07, 6.45) is -3.98. The number of alkyl halides is 4. The van der Waals surface area contributed by atoms with Crippen LogP contribution in [-0.4, -0.2) is 34.3 Å². The Morgan fingerprint density at radius 2 is 2.12 bits per heavy atom. The molecule has 1 N–H and O–H groups in total. The van der Waals surface area contributed by atoms with Crippen molar-refractivity contribution >= 4 is 5.97 Å². The molecule has 17 heavy (non-hydrogen) atoms. The second-order valence-electron chi connectivity index (χ2n) is 2.81. The predicted octanol–water partition coefficient (Wildman–Crippen LogP) is 1.03. The van der Waals surface area contributed by atoms with Gasteiger partial charge in [-0.15, -0.1) is 10.2 Å². The number of hydrogen-bond acceptors (Lipinski definition) is 5. The first kappa shape index (κ1) is 13.4. The van der Waals surface area contributed by atoms with Gasteiger partial charge in [0.25, 0.3) is 5.89 Å². The second-order valence-corrected chi connectivity index (χ2v) is 2.81. The fourth-order valence-electron chi connectivity index (χ4n) is 0.766. The second kappa shape index (κ2) is 5.08. The summed E-state index contributed by atoms with van der Waals surface area (Å²) in [7, 11) is 0. The molecule has 0 spiro atoms. The summed E-state index contributed by atoms with van der Waals surface area (Å²) in [5, 5.41) is 13.9. The zero-order valence-electron chi connectivity index (χ0n) is 8.07. The number of ether oxygens (including phenoxy) is 1. The van der Waals surface area contributed by atoms with Crippen LogP contribution in [0.25, 0.3) is 0 Å². The minimum absolute atomic E-state index is 0.512. The Balaban J connectivity index is 2.62. The van der Waals surface area contributed by atoms with E-state index < -0.39 is 43.3 Å². The standard InChI is InChI=1S/C7H6F4N2O4/c8-5(9)7(10,11)6-13-12-3(17-6)1-16-2-4(14)15/h5H,1-2H2,(H,14,15). The molecule has 0 bridgehead atoms. The van der Waals surface area contributed by atoms with E-state index in [4.69, 9.17) is 5.11 Å². The molecule has 0 aromatic carbocycles. The van der Waals surface area contributed by atoms with Crippen molar-refractivity contribution in [1.29, 1.82) is 0 Å². The van der Waals surface area contributed by atoms with Crippen molar-refractivity contribution in [3.63, 3.8) is 0 Å². The van der Waals surface area contributed by atoms with Crippen molar-refractivity contribution in [1.82, 2.24) is 10.2 Å². The van der Waals surface area contributed by atoms with Gasteiger partial charge in [0.05, 0.1) is 0 Å². The number of halogens is 4. The zero-order chi connectivity index (χ0) is 13.1. The van der Waals surface area contributed by atoms with Crippen LogP contribution in [0.4, 0.5) is 17.6 Å². The van der Waals surface area contributed by atoms with Crippen LogP contribution in [0, 0.1) is 0 Å². The third kappa shape index (κ3) is 3.37. The van der Waals surface area contributed by atoms with Crippen LogP contribution >= 0.6 is 0 Å². The molecule has 0 unspecified atom stereocenters. The highest BCUT2D eigenvalue weighted by Crippen LogP contribution is 2.33. The summed E-state index contributed by atoms with van der Waals surface area (Å²) in [6.45, 7) is -1.26. The van der Waals surface area contributed by atoms with Crippen molar-refractivity contribution in [3.05, 3.63) is 11.8 Å². The van der Waals surface area contributed by atoms with Gasteiger partial charge >= 0.3 is 18.3 Å². The molecule has 0 aliphatic rings. The normalized spacial score (nSPS) is 12.1. The van der Waals surface area contributed by atoms with Crippen LogP contribution in [0.3, 0.4) is 0 Å². The van der Waals surface area contributed by atoms with E-state index in [1.165, 1.54) is 0 Å². The summed E-state index contributed by atoms with van der Waals surface area (Å²) in [5.74, 6) is -7.89. The lowest BCUT2D eigenvalue weighted by Gasteiger charge is -2.09. The number of rotatable bonds is 6. The van der Waals surface area contributed by atoms with Crippen molar-refractivity contribution in [3.8, 4) is 0 Å². The first-order valence-electron chi connectivity index (χ1n) is 4.12. The van der Waals surface area contributed by atoms with Crippen LogP contribution in [0.5, 0.6) is 0 Å². The lowest BCUT2D eigenvalue weighted by Crippen LogP contribution is -2.23. The van der Waals surface area contributed by atoms with E-state index in [0.29, 0.717) is 0 Å². The number of aliphatic carboxylic acids is 1. The molecule has 1 rings (SSSR count). The molecule has 0 aliphatic heterocycles. The minimum atomic E-state index is -4.54. The molecule has 0 atom stereocenters. The molecule has 10 heteroatoms. The van der Waals surface area contributed by atoms with Gasteiger partial charge in [-0.1, -0.05) is 0 Å². The maximum Gasteiger partial charge on any atom is 0.382 e. The highest BCUT2D eigenvalue weighted by Gasteiger charge is 2.48. The smallest absolute Gasteiger partial charge is 0.382 e. The topological polar surface area (TPSA) is 85.5 Å². The monoisotopic (exact) mass is 258 g/mol. The van der Waals surface area contributed by atoms with Crippen molar-refractivity contribution in [2.24, 2.45) is 0 Å². The van der Waals surface area contributed by atoms with Gasteiger partial charge in [0.15, 0.2) is 0 Å². The van der Waals surface area contributed by atoms with Crippen LogP contribution in [0.2, 0.25) is 0 Å². The summed E-state index contributed by atoms with van der Waals surface area (Å²) in [5.41, 5.74) is 0. The van der Waals surface area contributed by atoms with Gasteiger partial charge in [0.2, 0.25) is 5.89 Å². The molecule has 0 aliphatic carbocycles. The van der Waals surface area contributed by atoms with Crippen LogP contribution in [0.1, 0.15) is 11.8 Å². The number of carbonyl (C=O) groups is 1. The number of carboxylic acids is 1. The average molecular weight is 258 g/mol. The largest absolute Gasteiger partial charge is 0.480 e. The van der Waals surface area contributed by atoms with Gasteiger partial charge in [-0.3, -0.25) is 0 Å². The molecule has 6 nitrogen and oxygen atoms in total. The van der Waals surface area contributed by atoms with E-state index in [9.17, 15) is 22.4 Å². The molecule has 0 amide bonds. The van der Waals surface area contributed by atoms with Gasteiger partial charge in [0.1, 0.15) is 13.2 Å². The lowest BCUT2D eigenvalue weighted by molar-refractivity contribution is -0.151. The summed E-state index contributed by atoms with van der Waals surface area (Å²) >= 11 is 0. The Kier molecular flexibility index (Phi) is 3.99. The maximum atomic E-state index is 12.7. The molecule has 1 aromatic rings. The Labute approximate surface area is 91.2 Å². The lowest BCUT2D eigenvalue weighted by atomic mass is 10.3. The van der Waals surface area contributed by atoms with Crippen molar-refractivity contribution in [2.75, 3.05) is 6.61 Å². The maximum absolute atomic E-state index is 12.7. The number of hydrogen-bond donors (Lipinski definition) is 1. The fourth-order valence-corrected chi connectivity index (χ4v) is 0.766. The summed E-state index contributed by atoms with van der Waals surface area (Å²) < 4.78 is 57.7. The molecule has 0 saturated heterocycles. The van der Waals surface area contributed by atoms with E-state index >= 15 is 0 Å². The Bertz CT molecular complexity index is 395. The van der Waals surface area contributed by atoms with Gasteiger partial charge < -0.3 is 14.3 Å². The Hall–Kier alpha value is -1.71. The number of aromatic nitrogens is 2. The fraction of sp³-hybridized carbons (Fsp3) is 0.571. The number of carboxylic acid groups (broad SMARTS) is 1. The van der Waals surface area contributed by atoms with E-state index in [-0.39, 0.29) is 0 Å². The first-order chi connectivity index (χ1) is 7.84. The van der Waals surface area contributed by atoms with Gasteiger partial charge in [-0.25, -0.2) is 13.6 Å². The summed E-state index contributed by atoms with van der Waals surface area (Å²) in [6, 6.07) is 0. The van der Waals surface area contributed by atoms with Crippen LogP contribution in [0.15, 0.2) is 4.42 Å². The van der Waals surface area contributed by atoms with Crippen molar-refractivity contribution in [2.45, 2.75) is 19.0 Å². The molecule has 1 heterocycles. The van der Waals surface area contributed by atoms with Crippen LogP contribution in [-0.2, 0) is 22.1 Å². The molecule has 96 valence electrons. The van der Waals surface area contributed by atoms with Gasteiger partial charge in [-0.05, 0) is 0 Å². The molecule has 1 aromatic heterocycles. The molecular formula is C7H6F4N2O4. The van der Waals surface area contributed by atoms with Gasteiger partial charge in [0, 0.05) is 0 Å². The molecule has 0 fully saturated rings. The first-order valence-corrected chi connectivity index (χ1v) is 4.12. The highest BCUT2D eigenvalue weighted by atomic mass is 19.3. The number of nitrogens with zero attached hydrogens (tertiary/aromatic N) is 2. The Morgan fingerprint density at radius 3 is 2.65 bits per heavy atom. The third-order valence-electron chi connectivity index (χ3n) is 1.48. The van der Waals surface area contributed by atoms with E-state index in [1.54, 1.807) is 0 Å². The van der Waals surface area contributed by atoms with E-state index in [1.807, 2.05) is 0 Å². The molecule has 0 radical (unpaired) electrons. The molecular weight excluding hydrogens is 252 g/mol. The average Bonchev–Trinajstić information content (AvgIpc) is 2.66. The Morgan fingerprint density at radius 1 is 1.47 bits per heavy atom.